The number of carbonyl (C=O) groups excluding carboxylic acids is 4. The molecule has 3 fully saturated rings. The van der Waals surface area contributed by atoms with Crippen molar-refractivity contribution < 1.29 is 34.1 Å². The third-order valence-electron chi connectivity index (χ3n) is 11.6. The second-order valence-corrected chi connectivity index (χ2v) is 14.6. The van der Waals surface area contributed by atoms with Crippen LogP contribution in [-0.4, -0.2) is 50.8 Å². The lowest BCUT2D eigenvalue weighted by Gasteiger charge is -2.64. The highest BCUT2D eigenvalue weighted by molar-refractivity contribution is 5.98. The van der Waals surface area contributed by atoms with Gasteiger partial charge in [0.2, 0.25) is 0 Å². The minimum absolute atomic E-state index is 0.0458. The Balaban J connectivity index is 1.71. The standard InChI is InChI=1S/C32H46O7/c1-18(33)39-27(2,3)14-13-24(35)32(9,38)23-12-15-29(6)22-11-10-19-20(16-21(34)26(37)28(19,4)5)31(22,8)25(36)17-30(23,29)7/h10,13-14,20-23,34,38H,11-12,15-17H2,1-9H3/b14-13+/t20-,21+,22+,23+,29+,30-,31+,32+/m1/s1. The Hall–Kier alpha value is -2.12. The minimum atomic E-state index is -1.71. The SMILES string of the molecule is CC(=O)OC(C)(C)/C=C/C(=O)[C@@](C)(O)[C@H]1CC[C@@]2(C)[C@@H]3CC=C4[C@@H](C[C@H](O)C(=O)C4(C)C)[C@]3(C)C(=O)C[C@]12C. The minimum Gasteiger partial charge on any atom is -0.456 e. The van der Waals surface area contributed by atoms with Crippen molar-refractivity contribution in [2.75, 3.05) is 0 Å². The highest BCUT2D eigenvalue weighted by Crippen LogP contribution is 2.74. The van der Waals surface area contributed by atoms with E-state index < -0.39 is 51.2 Å². The molecule has 4 aliphatic carbocycles. The first kappa shape index (κ1) is 29.9. The Labute approximate surface area is 232 Å². The zero-order chi connectivity index (χ0) is 29.6. The average molecular weight is 543 g/mol. The van der Waals surface area contributed by atoms with Crippen molar-refractivity contribution in [1.82, 2.24) is 0 Å². The summed E-state index contributed by atoms with van der Waals surface area (Å²) < 4.78 is 5.26. The summed E-state index contributed by atoms with van der Waals surface area (Å²) >= 11 is 0. The Morgan fingerprint density at radius 2 is 1.69 bits per heavy atom. The summed E-state index contributed by atoms with van der Waals surface area (Å²) in [5, 5.41) is 22.5. The second kappa shape index (κ2) is 8.94. The predicted octanol–water partition coefficient (Wildman–Crippen LogP) is 4.53. The van der Waals surface area contributed by atoms with Gasteiger partial charge in [-0.05, 0) is 95.1 Å². The van der Waals surface area contributed by atoms with E-state index in [-0.39, 0.29) is 41.7 Å². The number of hydrogen-bond donors (Lipinski definition) is 2. The van der Waals surface area contributed by atoms with Crippen LogP contribution in [0.3, 0.4) is 0 Å². The number of rotatable bonds is 5. The van der Waals surface area contributed by atoms with Gasteiger partial charge in [0.05, 0.1) is 0 Å². The maximum atomic E-state index is 14.3. The summed E-state index contributed by atoms with van der Waals surface area (Å²) in [6.45, 7) is 16.2. The van der Waals surface area contributed by atoms with Crippen molar-refractivity contribution in [3.05, 3.63) is 23.8 Å². The number of carbonyl (C=O) groups is 4. The van der Waals surface area contributed by atoms with Crippen LogP contribution in [0.15, 0.2) is 23.8 Å². The zero-order valence-electron chi connectivity index (χ0n) is 25.0. The monoisotopic (exact) mass is 542 g/mol. The van der Waals surface area contributed by atoms with Gasteiger partial charge < -0.3 is 14.9 Å². The Morgan fingerprint density at radius 1 is 1.08 bits per heavy atom. The van der Waals surface area contributed by atoms with Gasteiger partial charge in [-0.2, -0.15) is 0 Å². The quantitative estimate of drug-likeness (QED) is 0.298. The van der Waals surface area contributed by atoms with Crippen LogP contribution in [0.1, 0.15) is 94.4 Å². The van der Waals surface area contributed by atoms with Crippen molar-refractivity contribution in [1.29, 1.82) is 0 Å². The molecule has 0 bridgehead atoms. The van der Waals surface area contributed by atoms with Crippen molar-refractivity contribution in [2.45, 2.75) is 112 Å². The number of aliphatic hydroxyl groups is 2. The van der Waals surface area contributed by atoms with E-state index in [2.05, 4.69) is 19.9 Å². The van der Waals surface area contributed by atoms with Crippen LogP contribution in [0.5, 0.6) is 0 Å². The first-order valence-corrected chi connectivity index (χ1v) is 14.3. The normalized spacial score (nSPS) is 41.3. The van der Waals surface area contributed by atoms with Gasteiger partial charge in [0, 0.05) is 30.1 Å². The molecule has 0 aromatic carbocycles. The fraction of sp³-hybridized carbons (Fsp3) is 0.750. The summed E-state index contributed by atoms with van der Waals surface area (Å²) in [5.41, 5.74) is -4.28. The molecular weight excluding hydrogens is 496 g/mol. The Kier molecular flexibility index (Phi) is 6.84. The molecule has 0 aromatic rings. The van der Waals surface area contributed by atoms with Crippen LogP contribution >= 0.6 is 0 Å². The van der Waals surface area contributed by atoms with Crippen molar-refractivity contribution in [3.63, 3.8) is 0 Å². The first-order valence-electron chi connectivity index (χ1n) is 14.3. The van der Waals surface area contributed by atoms with Crippen LogP contribution in [0.25, 0.3) is 0 Å². The van der Waals surface area contributed by atoms with E-state index in [0.717, 1.165) is 12.0 Å². The molecule has 8 atom stereocenters. The van der Waals surface area contributed by atoms with Crippen LogP contribution < -0.4 is 0 Å². The molecule has 216 valence electrons. The highest BCUT2D eigenvalue weighted by Gasteiger charge is 2.72. The van der Waals surface area contributed by atoms with Gasteiger partial charge in [-0.15, -0.1) is 0 Å². The van der Waals surface area contributed by atoms with E-state index in [9.17, 15) is 29.4 Å². The van der Waals surface area contributed by atoms with Gasteiger partial charge in [0.1, 0.15) is 23.1 Å². The van der Waals surface area contributed by atoms with Crippen molar-refractivity contribution in [3.8, 4) is 0 Å². The number of allylic oxidation sites excluding steroid dienone is 2. The predicted molar refractivity (Wildman–Crippen MR) is 146 cm³/mol. The molecule has 0 saturated heterocycles. The number of Topliss-reactive ketones (excluding diaryl/α,β-unsaturated/α-hetero) is 2. The van der Waals surface area contributed by atoms with Crippen molar-refractivity contribution in [2.24, 2.45) is 39.4 Å². The molecule has 0 unspecified atom stereocenters. The van der Waals surface area contributed by atoms with E-state index in [4.69, 9.17) is 4.74 Å². The highest BCUT2D eigenvalue weighted by atomic mass is 16.6. The van der Waals surface area contributed by atoms with Gasteiger partial charge in [-0.3, -0.25) is 19.2 Å². The molecule has 0 amide bonds. The van der Waals surface area contributed by atoms with Gasteiger partial charge in [0.25, 0.3) is 0 Å². The lowest BCUT2D eigenvalue weighted by molar-refractivity contribution is -0.182. The van der Waals surface area contributed by atoms with E-state index in [1.165, 1.54) is 19.1 Å². The third-order valence-corrected chi connectivity index (χ3v) is 11.6. The van der Waals surface area contributed by atoms with E-state index in [1.54, 1.807) is 20.8 Å². The summed E-state index contributed by atoms with van der Waals surface area (Å²) in [5.74, 6) is -1.75. The number of ketones is 3. The molecule has 7 heteroatoms. The Morgan fingerprint density at radius 3 is 2.28 bits per heavy atom. The summed E-state index contributed by atoms with van der Waals surface area (Å²) in [7, 11) is 0. The number of ether oxygens (including phenoxy) is 1. The van der Waals surface area contributed by atoms with Crippen LogP contribution in [0.2, 0.25) is 0 Å². The second-order valence-electron chi connectivity index (χ2n) is 14.6. The van der Waals surface area contributed by atoms with Crippen LogP contribution in [-0.2, 0) is 23.9 Å². The molecule has 7 nitrogen and oxygen atoms in total. The van der Waals surface area contributed by atoms with Gasteiger partial charge in [-0.25, -0.2) is 0 Å². The lowest BCUT2D eigenvalue weighted by atomic mass is 9.38. The maximum Gasteiger partial charge on any atom is 0.303 e. The fourth-order valence-electron chi connectivity index (χ4n) is 9.25. The van der Waals surface area contributed by atoms with Crippen molar-refractivity contribution >= 4 is 23.3 Å². The number of esters is 1. The van der Waals surface area contributed by atoms with Gasteiger partial charge in [0.15, 0.2) is 11.6 Å². The molecule has 0 aliphatic heterocycles. The zero-order valence-corrected chi connectivity index (χ0v) is 25.0. The van der Waals surface area contributed by atoms with E-state index in [0.29, 0.717) is 12.8 Å². The molecule has 4 aliphatic rings. The number of hydrogen-bond acceptors (Lipinski definition) is 7. The topological polar surface area (TPSA) is 118 Å². The largest absolute Gasteiger partial charge is 0.456 e. The molecule has 2 N–H and O–H groups in total. The van der Waals surface area contributed by atoms with Crippen LogP contribution in [0.4, 0.5) is 0 Å². The van der Waals surface area contributed by atoms with E-state index >= 15 is 0 Å². The van der Waals surface area contributed by atoms with Crippen LogP contribution in [0, 0.1) is 39.4 Å². The fourth-order valence-corrected chi connectivity index (χ4v) is 9.25. The number of aliphatic hydroxyl groups excluding tert-OH is 1. The van der Waals surface area contributed by atoms with Gasteiger partial charge >= 0.3 is 5.97 Å². The average Bonchev–Trinajstić information content (AvgIpc) is 3.07. The molecule has 0 heterocycles. The number of fused-ring (bicyclic) bond motifs is 5. The Bertz CT molecular complexity index is 1170. The summed E-state index contributed by atoms with van der Waals surface area (Å²) in [6, 6.07) is 0. The molecule has 39 heavy (non-hydrogen) atoms. The third kappa shape index (κ3) is 4.13. The molecular formula is C32H46O7. The molecule has 0 radical (unpaired) electrons. The molecule has 0 aromatic heterocycles. The summed E-state index contributed by atoms with van der Waals surface area (Å²) in [4.78, 5) is 52.0. The summed E-state index contributed by atoms with van der Waals surface area (Å²) in [6.07, 6.45) is 6.32. The molecule has 4 rings (SSSR count). The van der Waals surface area contributed by atoms with E-state index in [1.807, 2.05) is 20.8 Å². The smallest absolute Gasteiger partial charge is 0.303 e. The maximum absolute atomic E-state index is 14.3. The molecule has 3 saturated carbocycles. The van der Waals surface area contributed by atoms with Gasteiger partial charge in [-0.1, -0.05) is 32.4 Å². The molecule has 0 spiro atoms. The first-order chi connectivity index (χ1) is 17.7. The lowest BCUT2D eigenvalue weighted by Crippen LogP contribution is -2.65.